The van der Waals surface area contributed by atoms with Gasteiger partial charge in [0.1, 0.15) is 0 Å². The summed E-state index contributed by atoms with van der Waals surface area (Å²) >= 11 is 0. The van der Waals surface area contributed by atoms with E-state index in [2.05, 4.69) is 9.55 Å². The molecule has 0 radical (unpaired) electrons. The number of nitrogens with zero attached hydrogens (tertiary/aromatic N) is 3. The van der Waals surface area contributed by atoms with Crippen molar-refractivity contribution >= 4 is 5.91 Å². The average molecular weight is 293 g/mol. The highest BCUT2D eigenvalue weighted by Gasteiger charge is 2.30. The van der Waals surface area contributed by atoms with Crippen LogP contribution in [0.1, 0.15) is 31.2 Å². The van der Waals surface area contributed by atoms with Gasteiger partial charge < -0.3 is 18.9 Å². The molecule has 21 heavy (non-hydrogen) atoms. The van der Waals surface area contributed by atoms with Crippen molar-refractivity contribution in [2.75, 3.05) is 26.4 Å². The summed E-state index contributed by atoms with van der Waals surface area (Å²) in [6, 6.07) is 0. The summed E-state index contributed by atoms with van der Waals surface area (Å²) in [6.45, 7) is 6.81. The van der Waals surface area contributed by atoms with E-state index < -0.39 is 0 Å². The van der Waals surface area contributed by atoms with Crippen molar-refractivity contribution in [2.45, 2.75) is 39.5 Å². The molecule has 1 amide bonds. The summed E-state index contributed by atoms with van der Waals surface area (Å²) in [7, 11) is 0. The van der Waals surface area contributed by atoms with Gasteiger partial charge in [-0.05, 0) is 19.8 Å². The third kappa shape index (κ3) is 3.11. The Hall–Kier alpha value is -1.40. The molecule has 0 saturated carbocycles. The Balaban J connectivity index is 1.74. The molecule has 0 bridgehead atoms. The van der Waals surface area contributed by atoms with Crippen LogP contribution in [0.5, 0.6) is 0 Å². The van der Waals surface area contributed by atoms with E-state index in [0.29, 0.717) is 33.0 Å². The number of fused-ring (bicyclic) bond motifs is 1. The van der Waals surface area contributed by atoms with Gasteiger partial charge in [-0.1, -0.05) is 0 Å². The summed E-state index contributed by atoms with van der Waals surface area (Å²) in [5.41, 5.74) is 2.08. The van der Waals surface area contributed by atoms with Gasteiger partial charge in [-0.2, -0.15) is 0 Å². The number of ether oxygens (including phenoxy) is 2. The van der Waals surface area contributed by atoms with Crippen molar-refractivity contribution in [2.24, 2.45) is 5.92 Å². The number of rotatable bonds is 4. The first kappa shape index (κ1) is 14.5. The van der Waals surface area contributed by atoms with Gasteiger partial charge >= 0.3 is 0 Å². The van der Waals surface area contributed by atoms with Gasteiger partial charge in [0.15, 0.2) is 0 Å². The lowest BCUT2D eigenvalue weighted by Gasteiger charge is -2.23. The monoisotopic (exact) mass is 293 g/mol. The summed E-state index contributed by atoms with van der Waals surface area (Å²) in [6.07, 6.45) is 3.69. The molecule has 0 aliphatic carbocycles. The molecule has 6 heteroatoms. The maximum atomic E-state index is 12.6. The van der Waals surface area contributed by atoms with Crippen molar-refractivity contribution in [3.63, 3.8) is 0 Å². The zero-order valence-corrected chi connectivity index (χ0v) is 12.6. The fourth-order valence-electron chi connectivity index (χ4n) is 3.01. The highest BCUT2D eigenvalue weighted by molar-refractivity contribution is 5.79. The molecular weight excluding hydrogens is 270 g/mol. The molecule has 6 nitrogen and oxygen atoms in total. The molecule has 1 aromatic heterocycles. The lowest BCUT2D eigenvalue weighted by Crippen LogP contribution is -2.36. The van der Waals surface area contributed by atoms with Gasteiger partial charge in [-0.25, -0.2) is 4.98 Å². The molecule has 1 atom stereocenters. The fourth-order valence-corrected chi connectivity index (χ4v) is 3.01. The van der Waals surface area contributed by atoms with Crippen LogP contribution in [0.25, 0.3) is 0 Å². The standard InChI is InChI=1S/C15H23N3O3/c1-2-20-10-13-14-8-17(5-3-6-18(14)11-16-13)15(19)12-4-7-21-9-12/h11-12H,2-10H2,1H3. The Morgan fingerprint density at radius 1 is 1.52 bits per heavy atom. The van der Waals surface area contributed by atoms with E-state index in [1.807, 2.05) is 18.2 Å². The molecule has 1 unspecified atom stereocenters. The van der Waals surface area contributed by atoms with Crippen molar-refractivity contribution in [1.29, 1.82) is 0 Å². The Morgan fingerprint density at radius 2 is 2.43 bits per heavy atom. The Morgan fingerprint density at radius 3 is 3.19 bits per heavy atom. The first-order valence-electron chi connectivity index (χ1n) is 7.76. The molecule has 0 aromatic carbocycles. The summed E-state index contributed by atoms with van der Waals surface area (Å²) in [5.74, 6) is 0.263. The minimum absolute atomic E-state index is 0.0369. The fraction of sp³-hybridized carbons (Fsp3) is 0.733. The highest BCUT2D eigenvalue weighted by Crippen LogP contribution is 2.21. The van der Waals surface area contributed by atoms with E-state index in [1.165, 1.54) is 0 Å². The van der Waals surface area contributed by atoms with Gasteiger partial charge in [-0.3, -0.25) is 4.79 Å². The van der Waals surface area contributed by atoms with E-state index >= 15 is 0 Å². The third-order valence-electron chi connectivity index (χ3n) is 4.23. The van der Waals surface area contributed by atoms with Crippen molar-refractivity contribution in [3.8, 4) is 0 Å². The highest BCUT2D eigenvalue weighted by atomic mass is 16.5. The molecule has 1 fully saturated rings. The minimum atomic E-state index is 0.0369. The third-order valence-corrected chi connectivity index (χ3v) is 4.23. The second-order valence-electron chi connectivity index (χ2n) is 5.64. The zero-order valence-electron chi connectivity index (χ0n) is 12.6. The maximum Gasteiger partial charge on any atom is 0.228 e. The second kappa shape index (κ2) is 6.58. The van der Waals surface area contributed by atoms with E-state index in [1.54, 1.807) is 0 Å². The summed E-state index contributed by atoms with van der Waals surface area (Å²) < 4.78 is 13.0. The molecule has 1 saturated heterocycles. The normalized spacial score (nSPS) is 22.1. The van der Waals surface area contributed by atoms with Gasteiger partial charge in [0, 0.05) is 26.3 Å². The first-order chi connectivity index (χ1) is 10.3. The van der Waals surface area contributed by atoms with E-state index in [0.717, 1.165) is 37.3 Å². The Kier molecular flexibility index (Phi) is 4.55. The maximum absolute atomic E-state index is 12.6. The molecule has 0 spiro atoms. The topological polar surface area (TPSA) is 56.6 Å². The van der Waals surface area contributed by atoms with Gasteiger partial charge in [0.05, 0.1) is 43.4 Å². The summed E-state index contributed by atoms with van der Waals surface area (Å²) in [4.78, 5) is 19.0. The van der Waals surface area contributed by atoms with Crippen LogP contribution in [0, 0.1) is 5.92 Å². The van der Waals surface area contributed by atoms with Gasteiger partial charge in [-0.15, -0.1) is 0 Å². The lowest BCUT2D eigenvalue weighted by molar-refractivity contribution is -0.136. The predicted molar refractivity (Wildman–Crippen MR) is 76.5 cm³/mol. The number of aromatic nitrogens is 2. The molecule has 2 aliphatic rings. The van der Waals surface area contributed by atoms with Crippen LogP contribution in [-0.2, 0) is 34.0 Å². The van der Waals surface area contributed by atoms with Crippen LogP contribution < -0.4 is 0 Å². The zero-order chi connectivity index (χ0) is 14.7. The average Bonchev–Trinajstić information content (AvgIpc) is 3.10. The quantitative estimate of drug-likeness (QED) is 0.837. The van der Waals surface area contributed by atoms with Crippen LogP contribution in [-0.4, -0.2) is 46.7 Å². The predicted octanol–water partition coefficient (Wildman–Crippen LogP) is 1.19. The molecule has 0 N–H and O–H groups in total. The van der Waals surface area contributed by atoms with Crippen molar-refractivity contribution < 1.29 is 14.3 Å². The van der Waals surface area contributed by atoms with Crippen LogP contribution >= 0.6 is 0 Å². The molecule has 116 valence electrons. The molecule has 3 heterocycles. The number of aryl methyl sites for hydroxylation is 1. The lowest BCUT2D eigenvalue weighted by atomic mass is 10.1. The Bertz CT molecular complexity index is 494. The minimum Gasteiger partial charge on any atom is -0.381 e. The van der Waals surface area contributed by atoms with Crippen molar-refractivity contribution in [1.82, 2.24) is 14.5 Å². The van der Waals surface area contributed by atoms with E-state index in [4.69, 9.17) is 9.47 Å². The van der Waals surface area contributed by atoms with Crippen LogP contribution in [0.3, 0.4) is 0 Å². The van der Waals surface area contributed by atoms with Crippen LogP contribution in [0.15, 0.2) is 6.33 Å². The number of carbonyl (C=O) groups excluding carboxylic acids is 1. The SMILES string of the molecule is CCOCc1ncn2c1CN(C(=O)C1CCOC1)CCC2. The molecular formula is C15H23N3O3. The van der Waals surface area contributed by atoms with Gasteiger partial charge in [0.25, 0.3) is 0 Å². The molecule has 3 rings (SSSR count). The molecule has 1 aromatic rings. The Labute approximate surface area is 125 Å². The number of imidazole rings is 1. The number of carbonyl (C=O) groups is 1. The second-order valence-corrected chi connectivity index (χ2v) is 5.64. The molecule has 2 aliphatic heterocycles. The first-order valence-corrected chi connectivity index (χ1v) is 7.76. The summed E-state index contributed by atoms with van der Waals surface area (Å²) in [5, 5.41) is 0. The number of hydrogen-bond donors (Lipinski definition) is 0. The van der Waals surface area contributed by atoms with E-state index in [9.17, 15) is 4.79 Å². The smallest absolute Gasteiger partial charge is 0.228 e. The van der Waals surface area contributed by atoms with Crippen molar-refractivity contribution in [3.05, 3.63) is 17.7 Å². The van der Waals surface area contributed by atoms with Crippen LogP contribution in [0.2, 0.25) is 0 Å². The van der Waals surface area contributed by atoms with Gasteiger partial charge in [0.2, 0.25) is 5.91 Å². The number of hydrogen-bond acceptors (Lipinski definition) is 4. The largest absolute Gasteiger partial charge is 0.381 e. The number of amides is 1. The van der Waals surface area contributed by atoms with E-state index in [-0.39, 0.29) is 11.8 Å². The van der Waals surface area contributed by atoms with Crippen LogP contribution in [0.4, 0.5) is 0 Å².